The third-order valence-electron chi connectivity index (χ3n) is 2.49. The summed E-state index contributed by atoms with van der Waals surface area (Å²) in [6, 6.07) is 10.7. The van der Waals surface area contributed by atoms with E-state index in [2.05, 4.69) is 48.8 Å². The predicted molar refractivity (Wildman–Crippen MR) is 72.5 cm³/mol. The summed E-state index contributed by atoms with van der Waals surface area (Å²) in [5, 5.41) is 5.55. The maximum Gasteiger partial charge on any atom is 0.0931 e. The number of halogens is 1. The molecule has 16 heavy (non-hydrogen) atoms. The van der Waals surface area contributed by atoms with Gasteiger partial charge in [-0.3, -0.25) is 0 Å². The molecule has 0 saturated heterocycles. The van der Waals surface area contributed by atoms with Gasteiger partial charge in [-0.1, -0.05) is 23.7 Å². The Hall–Kier alpha value is -0.990. The number of rotatable bonds is 3. The van der Waals surface area contributed by atoms with Crippen LogP contribution in [0.1, 0.15) is 24.1 Å². The first-order chi connectivity index (χ1) is 7.65. The quantitative estimate of drug-likeness (QED) is 0.820. The zero-order chi connectivity index (χ0) is 11.5. The van der Waals surface area contributed by atoms with Gasteiger partial charge >= 0.3 is 0 Å². The standard InChI is InChI=1S/C13H14ClNS/c1-9-4-3-5-12(6-9)15-10(2)11-7-13(14)16-8-11/h3-8,10,15H,1-2H3. The lowest BCUT2D eigenvalue weighted by Crippen LogP contribution is -2.05. The summed E-state index contributed by atoms with van der Waals surface area (Å²) >= 11 is 7.50. The zero-order valence-corrected chi connectivity index (χ0v) is 10.9. The summed E-state index contributed by atoms with van der Waals surface area (Å²) < 4.78 is 0.841. The zero-order valence-electron chi connectivity index (χ0n) is 9.33. The van der Waals surface area contributed by atoms with Gasteiger partial charge in [0.2, 0.25) is 0 Å². The topological polar surface area (TPSA) is 12.0 Å². The van der Waals surface area contributed by atoms with Gasteiger partial charge in [0.1, 0.15) is 0 Å². The number of thiophene rings is 1. The largest absolute Gasteiger partial charge is 0.378 e. The molecule has 1 heterocycles. The first-order valence-corrected chi connectivity index (χ1v) is 6.48. The fourth-order valence-electron chi connectivity index (χ4n) is 1.62. The van der Waals surface area contributed by atoms with Crippen LogP contribution in [0, 0.1) is 6.92 Å². The molecule has 1 N–H and O–H groups in total. The third kappa shape index (κ3) is 2.77. The maximum absolute atomic E-state index is 5.92. The predicted octanol–water partition coefficient (Wildman–Crippen LogP) is 4.88. The average Bonchev–Trinajstić information content (AvgIpc) is 2.65. The minimum atomic E-state index is 0.283. The van der Waals surface area contributed by atoms with Gasteiger partial charge in [-0.05, 0) is 48.6 Å². The Morgan fingerprint density at radius 1 is 1.31 bits per heavy atom. The smallest absolute Gasteiger partial charge is 0.0931 e. The van der Waals surface area contributed by atoms with Gasteiger partial charge in [0, 0.05) is 11.7 Å². The van der Waals surface area contributed by atoms with Crippen molar-refractivity contribution < 1.29 is 0 Å². The van der Waals surface area contributed by atoms with Crippen molar-refractivity contribution in [3.8, 4) is 0 Å². The molecule has 0 radical (unpaired) electrons. The molecule has 1 aromatic carbocycles. The van der Waals surface area contributed by atoms with Crippen LogP contribution in [-0.4, -0.2) is 0 Å². The molecule has 0 aliphatic rings. The molecular weight excluding hydrogens is 238 g/mol. The molecule has 0 aliphatic heterocycles. The van der Waals surface area contributed by atoms with Crippen LogP contribution in [0.25, 0.3) is 0 Å². The highest BCUT2D eigenvalue weighted by atomic mass is 35.5. The maximum atomic E-state index is 5.92. The molecule has 1 aromatic heterocycles. The van der Waals surface area contributed by atoms with Crippen molar-refractivity contribution in [2.24, 2.45) is 0 Å². The van der Waals surface area contributed by atoms with E-state index in [9.17, 15) is 0 Å². The molecule has 84 valence electrons. The van der Waals surface area contributed by atoms with E-state index in [0.717, 1.165) is 10.0 Å². The molecule has 0 bridgehead atoms. The van der Waals surface area contributed by atoms with E-state index in [4.69, 9.17) is 11.6 Å². The number of benzene rings is 1. The third-order valence-corrected chi connectivity index (χ3v) is 3.60. The van der Waals surface area contributed by atoms with Crippen LogP contribution >= 0.6 is 22.9 Å². The lowest BCUT2D eigenvalue weighted by molar-refractivity contribution is 0.890. The minimum absolute atomic E-state index is 0.283. The van der Waals surface area contributed by atoms with Crippen LogP contribution < -0.4 is 5.32 Å². The Kier molecular flexibility index (Phi) is 3.52. The van der Waals surface area contributed by atoms with Crippen molar-refractivity contribution in [1.29, 1.82) is 0 Å². The molecular formula is C13H14ClNS. The fraction of sp³-hybridized carbons (Fsp3) is 0.231. The number of aryl methyl sites for hydroxylation is 1. The summed E-state index contributed by atoms with van der Waals surface area (Å²) in [6.45, 7) is 4.23. The molecule has 1 atom stereocenters. The number of hydrogen-bond acceptors (Lipinski definition) is 2. The van der Waals surface area contributed by atoms with Crippen LogP contribution in [0.2, 0.25) is 4.34 Å². The van der Waals surface area contributed by atoms with Gasteiger partial charge in [0.25, 0.3) is 0 Å². The highest BCUT2D eigenvalue weighted by molar-refractivity contribution is 7.14. The Labute approximate surface area is 105 Å². The van der Waals surface area contributed by atoms with Crippen molar-refractivity contribution in [2.45, 2.75) is 19.9 Å². The summed E-state index contributed by atoms with van der Waals surface area (Å²) in [4.78, 5) is 0. The lowest BCUT2D eigenvalue weighted by atomic mass is 10.1. The van der Waals surface area contributed by atoms with Crippen LogP contribution in [-0.2, 0) is 0 Å². The Morgan fingerprint density at radius 3 is 2.75 bits per heavy atom. The van der Waals surface area contributed by atoms with Gasteiger partial charge in [0.05, 0.1) is 4.34 Å². The van der Waals surface area contributed by atoms with Crippen LogP contribution in [0.5, 0.6) is 0 Å². The Balaban J connectivity index is 2.10. The van der Waals surface area contributed by atoms with Crippen LogP contribution in [0.4, 0.5) is 5.69 Å². The number of hydrogen-bond donors (Lipinski definition) is 1. The van der Waals surface area contributed by atoms with E-state index in [-0.39, 0.29) is 6.04 Å². The highest BCUT2D eigenvalue weighted by Crippen LogP contribution is 2.27. The molecule has 1 unspecified atom stereocenters. The minimum Gasteiger partial charge on any atom is -0.378 e. The second-order valence-corrected chi connectivity index (χ2v) is 5.46. The molecule has 0 saturated carbocycles. The van der Waals surface area contributed by atoms with Gasteiger partial charge in [0.15, 0.2) is 0 Å². The monoisotopic (exact) mass is 251 g/mol. The summed E-state index contributed by atoms with van der Waals surface area (Å²) in [7, 11) is 0. The lowest BCUT2D eigenvalue weighted by Gasteiger charge is -2.14. The average molecular weight is 252 g/mol. The summed E-state index contributed by atoms with van der Waals surface area (Å²) in [6.07, 6.45) is 0. The molecule has 0 aliphatic carbocycles. The normalized spacial score (nSPS) is 12.4. The Bertz CT molecular complexity index is 478. The van der Waals surface area contributed by atoms with Crippen molar-refractivity contribution in [1.82, 2.24) is 0 Å². The first kappa shape index (κ1) is 11.5. The van der Waals surface area contributed by atoms with Crippen molar-refractivity contribution in [3.63, 3.8) is 0 Å². The summed E-state index contributed by atoms with van der Waals surface area (Å²) in [5.74, 6) is 0. The van der Waals surface area contributed by atoms with Gasteiger partial charge in [-0.15, -0.1) is 11.3 Å². The van der Waals surface area contributed by atoms with Gasteiger partial charge < -0.3 is 5.32 Å². The first-order valence-electron chi connectivity index (χ1n) is 5.22. The van der Waals surface area contributed by atoms with Gasteiger partial charge in [-0.2, -0.15) is 0 Å². The van der Waals surface area contributed by atoms with Gasteiger partial charge in [-0.25, -0.2) is 0 Å². The van der Waals surface area contributed by atoms with Crippen molar-refractivity contribution in [3.05, 3.63) is 51.2 Å². The van der Waals surface area contributed by atoms with E-state index in [1.165, 1.54) is 11.1 Å². The van der Waals surface area contributed by atoms with Crippen LogP contribution in [0.3, 0.4) is 0 Å². The second-order valence-electron chi connectivity index (χ2n) is 3.92. The van der Waals surface area contributed by atoms with E-state index >= 15 is 0 Å². The highest BCUT2D eigenvalue weighted by Gasteiger charge is 2.07. The number of nitrogens with one attached hydrogen (secondary N) is 1. The van der Waals surface area contributed by atoms with E-state index in [1.807, 2.05) is 6.07 Å². The van der Waals surface area contributed by atoms with Crippen molar-refractivity contribution in [2.75, 3.05) is 5.32 Å². The molecule has 1 nitrogen and oxygen atoms in total. The van der Waals surface area contributed by atoms with E-state index in [1.54, 1.807) is 11.3 Å². The Morgan fingerprint density at radius 2 is 2.12 bits per heavy atom. The van der Waals surface area contributed by atoms with Crippen molar-refractivity contribution >= 4 is 28.6 Å². The van der Waals surface area contributed by atoms with E-state index in [0.29, 0.717) is 0 Å². The fourth-order valence-corrected chi connectivity index (χ4v) is 2.60. The molecule has 0 spiro atoms. The summed E-state index contributed by atoms with van der Waals surface area (Å²) in [5.41, 5.74) is 3.65. The molecule has 3 heteroatoms. The number of anilines is 1. The van der Waals surface area contributed by atoms with Crippen LogP contribution in [0.15, 0.2) is 35.7 Å². The molecule has 0 fully saturated rings. The molecule has 2 aromatic rings. The van der Waals surface area contributed by atoms with E-state index < -0.39 is 0 Å². The second kappa shape index (κ2) is 4.89. The molecule has 0 amide bonds. The SMILES string of the molecule is Cc1cccc(NC(C)c2csc(Cl)c2)c1. The molecule has 2 rings (SSSR count).